The second kappa shape index (κ2) is 14.8. The van der Waals surface area contributed by atoms with Gasteiger partial charge < -0.3 is 9.80 Å². The first-order valence-corrected chi connectivity index (χ1v) is 22.6. The van der Waals surface area contributed by atoms with Crippen molar-refractivity contribution in [2.24, 2.45) is 0 Å². The summed E-state index contributed by atoms with van der Waals surface area (Å²) >= 11 is 0. The van der Waals surface area contributed by atoms with Crippen LogP contribution in [0.1, 0.15) is 140 Å². The van der Waals surface area contributed by atoms with Gasteiger partial charge in [0.25, 0.3) is 6.71 Å². The van der Waals surface area contributed by atoms with Gasteiger partial charge in [0.2, 0.25) is 0 Å². The van der Waals surface area contributed by atoms with Crippen LogP contribution in [-0.2, 0) is 10.8 Å². The summed E-state index contributed by atoms with van der Waals surface area (Å²) < 4.78 is 0. The molecule has 3 heterocycles. The van der Waals surface area contributed by atoms with E-state index in [1.54, 1.807) is 6.33 Å². The summed E-state index contributed by atoms with van der Waals surface area (Å²) in [6.07, 6.45) is 16.6. The Morgan fingerprint density at radius 3 is 1.37 bits per heavy atom. The molecule has 1 aromatic heterocycles. The lowest BCUT2D eigenvalue weighted by atomic mass is 9.33. The Morgan fingerprint density at radius 2 is 0.966 bits per heavy atom. The molecule has 0 amide bonds. The van der Waals surface area contributed by atoms with Crippen molar-refractivity contribution in [3.05, 3.63) is 138 Å². The first-order valence-electron chi connectivity index (χ1n) is 22.6. The predicted molar refractivity (Wildman–Crippen MR) is 251 cm³/mol. The van der Waals surface area contributed by atoms with Crippen molar-refractivity contribution in [3.63, 3.8) is 0 Å². The highest BCUT2D eigenvalue weighted by atomic mass is 15.2. The third kappa shape index (κ3) is 6.89. The molecule has 4 nitrogen and oxygen atoms in total. The van der Waals surface area contributed by atoms with Crippen molar-refractivity contribution >= 4 is 57.2 Å². The van der Waals surface area contributed by atoms with Gasteiger partial charge in [0, 0.05) is 45.9 Å². The molecule has 0 bridgehead atoms. The second-order valence-electron chi connectivity index (χ2n) is 20.0. The van der Waals surface area contributed by atoms with Gasteiger partial charge in [0.05, 0.1) is 5.69 Å². The Labute approximate surface area is 353 Å². The molecule has 2 saturated carbocycles. The molecule has 2 aliphatic heterocycles. The van der Waals surface area contributed by atoms with Crippen LogP contribution in [0.4, 0.5) is 34.1 Å². The fraction of sp³-hybridized carbons (Fsp3) is 0.370. The molecule has 0 unspecified atom stereocenters. The number of hydrogen-bond acceptors (Lipinski definition) is 4. The van der Waals surface area contributed by atoms with Crippen LogP contribution in [0.2, 0.25) is 0 Å². The average molecular weight is 775 g/mol. The van der Waals surface area contributed by atoms with Crippen LogP contribution in [0.3, 0.4) is 0 Å². The van der Waals surface area contributed by atoms with Crippen molar-refractivity contribution in [2.45, 2.75) is 128 Å². The minimum atomic E-state index is 0.0624. The lowest BCUT2D eigenvalue weighted by molar-refractivity contribution is 0.444. The molecule has 0 radical (unpaired) electrons. The molecule has 0 saturated heterocycles. The number of nitrogens with zero attached hydrogens (tertiary/aromatic N) is 4. The van der Waals surface area contributed by atoms with Crippen molar-refractivity contribution in [3.8, 4) is 11.3 Å². The van der Waals surface area contributed by atoms with Crippen molar-refractivity contribution in [1.82, 2.24) is 9.97 Å². The van der Waals surface area contributed by atoms with Gasteiger partial charge in [0.15, 0.2) is 0 Å². The molecule has 2 fully saturated rings. The maximum atomic E-state index is 4.87. The van der Waals surface area contributed by atoms with Gasteiger partial charge in [0.1, 0.15) is 6.33 Å². The quantitative estimate of drug-likeness (QED) is 0.163. The molecule has 4 aliphatic rings. The Morgan fingerprint density at radius 1 is 0.508 bits per heavy atom. The number of hydrogen-bond donors (Lipinski definition) is 0. The van der Waals surface area contributed by atoms with Crippen LogP contribution >= 0.6 is 0 Å². The highest BCUT2D eigenvalue weighted by Gasteiger charge is 2.44. The Kier molecular flexibility index (Phi) is 9.57. The number of rotatable bonds is 5. The van der Waals surface area contributed by atoms with Crippen molar-refractivity contribution in [2.75, 3.05) is 9.80 Å². The molecule has 10 rings (SSSR count). The first kappa shape index (κ1) is 38.1. The molecule has 5 aromatic carbocycles. The van der Waals surface area contributed by atoms with E-state index in [0.29, 0.717) is 11.8 Å². The fourth-order valence-electron chi connectivity index (χ4n) is 10.8. The monoisotopic (exact) mass is 774 g/mol. The van der Waals surface area contributed by atoms with Crippen molar-refractivity contribution < 1.29 is 0 Å². The Bertz CT molecular complexity index is 2330. The summed E-state index contributed by atoms with van der Waals surface area (Å²) in [5, 5.41) is 0. The van der Waals surface area contributed by atoms with E-state index >= 15 is 0 Å². The zero-order valence-electron chi connectivity index (χ0n) is 36.1. The smallest absolute Gasteiger partial charge is 0.252 e. The van der Waals surface area contributed by atoms with Gasteiger partial charge in [-0.1, -0.05) is 129 Å². The van der Waals surface area contributed by atoms with E-state index in [4.69, 9.17) is 4.98 Å². The van der Waals surface area contributed by atoms with E-state index in [-0.39, 0.29) is 17.5 Å². The minimum absolute atomic E-state index is 0.0624. The molecule has 0 N–H and O–H groups in total. The summed E-state index contributed by atoms with van der Waals surface area (Å²) in [5.74, 6) is 1.21. The Hall–Kier alpha value is -5.16. The number of fused-ring (bicyclic) bond motifs is 4. The van der Waals surface area contributed by atoms with Gasteiger partial charge in [-0.15, -0.1) is 0 Å². The zero-order chi connectivity index (χ0) is 40.5. The maximum Gasteiger partial charge on any atom is 0.252 e. The molecule has 0 atom stereocenters. The van der Waals surface area contributed by atoms with Crippen LogP contribution < -0.4 is 26.2 Å². The molecule has 2 aliphatic carbocycles. The van der Waals surface area contributed by atoms with Gasteiger partial charge in [-0.3, -0.25) is 0 Å². The van der Waals surface area contributed by atoms with Gasteiger partial charge in [-0.05, 0) is 142 Å². The molecule has 6 aromatic rings. The van der Waals surface area contributed by atoms with E-state index in [1.165, 1.54) is 137 Å². The SMILES string of the molecule is CC(C)(C)c1ccc(N2c3cc(C4CCCCC4)ccc3B3c4ccc(C5CCCCC5)cc4N(c4ccc(C(C)(C)C)cc4)c4cc(-c5ccncn5)cc2c43)cc1. The van der Waals surface area contributed by atoms with E-state index in [2.05, 4.69) is 159 Å². The maximum absolute atomic E-state index is 4.87. The van der Waals surface area contributed by atoms with Gasteiger partial charge >= 0.3 is 0 Å². The second-order valence-corrected chi connectivity index (χ2v) is 20.0. The lowest BCUT2D eigenvalue weighted by Gasteiger charge is -2.45. The average Bonchev–Trinajstić information content (AvgIpc) is 3.26. The topological polar surface area (TPSA) is 32.3 Å². The largest absolute Gasteiger partial charge is 0.311 e. The predicted octanol–water partition coefficient (Wildman–Crippen LogP) is 12.9. The van der Waals surface area contributed by atoms with Crippen LogP contribution in [-0.4, -0.2) is 16.7 Å². The van der Waals surface area contributed by atoms with Crippen LogP contribution in [0.25, 0.3) is 11.3 Å². The summed E-state index contributed by atoms with van der Waals surface area (Å²) in [6, 6.07) is 40.9. The van der Waals surface area contributed by atoms with Gasteiger partial charge in [-0.25, -0.2) is 9.97 Å². The van der Waals surface area contributed by atoms with Crippen LogP contribution in [0.5, 0.6) is 0 Å². The lowest BCUT2D eigenvalue weighted by Crippen LogP contribution is -2.61. The van der Waals surface area contributed by atoms with E-state index in [9.17, 15) is 0 Å². The van der Waals surface area contributed by atoms with E-state index < -0.39 is 0 Å². The summed E-state index contributed by atoms with van der Waals surface area (Å²) in [7, 11) is 0. The van der Waals surface area contributed by atoms with Crippen LogP contribution in [0.15, 0.2) is 116 Å². The molecule has 5 heteroatoms. The van der Waals surface area contributed by atoms with Crippen LogP contribution in [0, 0.1) is 0 Å². The number of benzene rings is 5. The third-order valence-corrected chi connectivity index (χ3v) is 14.1. The standard InChI is InChI=1S/C54H59BN4/c1-53(2,3)41-19-23-43(24-20-41)58-48-31-38(36-13-9-7-10-14-36)17-27-45(48)55-46-28-18-39(37-15-11-8-12-16-37)32-49(46)59(44-25-21-42(22-26-44)54(4,5)6)51-34-40(33-50(58)52(51)55)47-29-30-56-35-57-47/h17-37H,7-16H2,1-6H3. The fourth-order valence-corrected chi connectivity index (χ4v) is 10.8. The molecule has 0 spiro atoms. The molecule has 298 valence electrons. The van der Waals surface area contributed by atoms with E-state index in [1.807, 2.05) is 6.20 Å². The summed E-state index contributed by atoms with van der Waals surface area (Å²) in [5.41, 5.74) is 19.4. The van der Waals surface area contributed by atoms with Gasteiger partial charge in [-0.2, -0.15) is 0 Å². The molecule has 59 heavy (non-hydrogen) atoms. The summed E-state index contributed by atoms with van der Waals surface area (Å²) in [4.78, 5) is 14.4. The highest BCUT2D eigenvalue weighted by Crippen LogP contribution is 2.48. The normalized spacial score (nSPS) is 17.1. The van der Waals surface area contributed by atoms with Crippen molar-refractivity contribution in [1.29, 1.82) is 0 Å². The minimum Gasteiger partial charge on any atom is -0.311 e. The van der Waals surface area contributed by atoms with E-state index in [0.717, 1.165) is 11.3 Å². The molecular formula is C54H59BN4. The number of aromatic nitrogens is 2. The third-order valence-electron chi connectivity index (χ3n) is 14.1. The summed E-state index contributed by atoms with van der Waals surface area (Å²) in [6.45, 7) is 13.9. The number of anilines is 6. The Balaban J connectivity index is 1.27. The molecular weight excluding hydrogens is 715 g/mol. The zero-order valence-corrected chi connectivity index (χ0v) is 36.1. The first-order chi connectivity index (χ1) is 28.5. The highest BCUT2D eigenvalue weighted by molar-refractivity contribution is 7.00.